The molecule has 0 aliphatic carbocycles. The number of amides is 1. The predicted octanol–water partition coefficient (Wildman–Crippen LogP) is 2.05. The number of ether oxygens (including phenoxy) is 1. The summed E-state index contributed by atoms with van der Waals surface area (Å²) in [6.07, 6.45) is 1.45. The molecule has 3 N–H and O–H groups in total. The predicted molar refractivity (Wildman–Crippen MR) is 93.4 cm³/mol. The number of carbonyl (C=O) groups is 2. The molecule has 1 amide bonds. The van der Waals surface area contributed by atoms with Crippen LogP contribution in [-0.2, 0) is 16.1 Å². The molecule has 0 radical (unpaired) electrons. The summed E-state index contributed by atoms with van der Waals surface area (Å²) >= 11 is 0. The van der Waals surface area contributed by atoms with E-state index in [1.54, 1.807) is 42.6 Å². The lowest BCUT2D eigenvalue weighted by Gasteiger charge is -2.14. The summed E-state index contributed by atoms with van der Waals surface area (Å²) in [7, 11) is 0. The van der Waals surface area contributed by atoms with Crippen LogP contribution < -0.4 is 15.4 Å². The van der Waals surface area contributed by atoms with Crippen molar-refractivity contribution in [2.24, 2.45) is 0 Å². The Morgan fingerprint density at radius 3 is 2.56 bits per heavy atom. The number of rotatable bonds is 9. The average molecular weight is 343 g/mol. The molecule has 0 aliphatic heterocycles. The highest BCUT2D eigenvalue weighted by molar-refractivity contribution is 5.94. The molecule has 0 unspecified atom stereocenters. The van der Waals surface area contributed by atoms with E-state index in [0.717, 1.165) is 0 Å². The summed E-state index contributed by atoms with van der Waals surface area (Å²) in [4.78, 5) is 27.5. The molecule has 1 atom stereocenters. The fraction of sp³-hybridized carbons (Fsp3) is 0.278. The Labute approximate surface area is 146 Å². The molecule has 0 saturated carbocycles. The molecule has 0 bridgehead atoms. The Kier molecular flexibility index (Phi) is 6.91. The van der Waals surface area contributed by atoms with Gasteiger partial charge in [0, 0.05) is 18.4 Å². The van der Waals surface area contributed by atoms with Gasteiger partial charge in [0.25, 0.3) is 0 Å². The molecule has 2 rings (SSSR count). The van der Waals surface area contributed by atoms with Crippen LogP contribution in [0.4, 0.5) is 5.69 Å². The van der Waals surface area contributed by atoms with Crippen LogP contribution in [0, 0.1) is 0 Å². The van der Waals surface area contributed by atoms with Crippen molar-refractivity contribution in [3.05, 3.63) is 54.4 Å². The molecule has 1 aromatic heterocycles. The number of aromatic nitrogens is 1. The molecule has 0 saturated heterocycles. The number of aliphatic carboxylic acids is 1. The van der Waals surface area contributed by atoms with E-state index in [1.807, 2.05) is 13.0 Å². The highest BCUT2D eigenvalue weighted by Gasteiger charge is 2.21. The molecule has 7 heteroatoms. The van der Waals surface area contributed by atoms with Crippen LogP contribution in [0.2, 0.25) is 0 Å². The van der Waals surface area contributed by atoms with E-state index in [4.69, 9.17) is 4.74 Å². The second kappa shape index (κ2) is 9.39. The Morgan fingerprint density at radius 2 is 1.96 bits per heavy atom. The minimum Gasteiger partial charge on any atom is -0.494 e. The zero-order valence-corrected chi connectivity index (χ0v) is 13.9. The minimum atomic E-state index is -1.09. The number of benzene rings is 1. The van der Waals surface area contributed by atoms with Gasteiger partial charge < -0.3 is 15.2 Å². The Balaban J connectivity index is 1.87. The van der Waals surface area contributed by atoms with Crippen LogP contribution in [0.5, 0.6) is 5.75 Å². The number of nitrogens with one attached hydrogen (secondary N) is 2. The number of hydrogen-bond donors (Lipinski definition) is 3. The third-order valence-corrected chi connectivity index (χ3v) is 3.39. The standard InChI is InChI=1S/C18H21N3O4/c1-2-25-15-8-6-13(7-9-15)21-17(22)11-16(18(23)24)20-12-14-5-3-4-10-19-14/h3-10,16,20H,2,11-12H2,1H3,(H,21,22)(H,23,24)/t16-/m1/s1. The first-order valence-electron chi connectivity index (χ1n) is 7.97. The monoisotopic (exact) mass is 343 g/mol. The smallest absolute Gasteiger partial charge is 0.321 e. The van der Waals surface area contributed by atoms with Crippen LogP contribution in [0.25, 0.3) is 0 Å². The van der Waals surface area contributed by atoms with Crippen LogP contribution in [0.15, 0.2) is 48.7 Å². The average Bonchev–Trinajstić information content (AvgIpc) is 2.61. The van der Waals surface area contributed by atoms with Crippen molar-refractivity contribution in [1.82, 2.24) is 10.3 Å². The van der Waals surface area contributed by atoms with E-state index in [-0.39, 0.29) is 18.9 Å². The van der Waals surface area contributed by atoms with E-state index < -0.39 is 12.0 Å². The summed E-state index contributed by atoms with van der Waals surface area (Å²) < 4.78 is 5.33. The number of nitrogens with zero attached hydrogens (tertiary/aromatic N) is 1. The first-order valence-corrected chi connectivity index (χ1v) is 7.97. The molecule has 1 heterocycles. The van der Waals surface area contributed by atoms with Crippen molar-refractivity contribution in [1.29, 1.82) is 0 Å². The maximum absolute atomic E-state index is 12.1. The Hall–Kier alpha value is -2.93. The van der Waals surface area contributed by atoms with E-state index in [2.05, 4.69) is 15.6 Å². The van der Waals surface area contributed by atoms with Gasteiger partial charge in [0.15, 0.2) is 0 Å². The fourth-order valence-corrected chi connectivity index (χ4v) is 2.18. The first-order chi connectivity index (χ1) is 12.1. The number of pyridine rings is 1. The van der Waals surface area contributed by atoms with E-state index in [9.17, 15) is 14.7 Å². The number of carboxylic acids is 1. The van der Waals surface area contributed by atoms with Crippen molar-refractivity contribution in [3.63, 3.8) is 0 Å². The maximum Gasteiger partial charge on any atom is 0.321 e. The molecule has 1 aromatic carbocycles. The third kappa shape index (κ3) is 6.23. The van der Waals surface area contributed by atoms with Gasteiger partial charge in [-0.15, -0.1) is 0 Å². The van der Waals surface area contributed by atoms with Gasteiger partial charge in [0.2, 0.25) is 5.91 Å². The zero-order valence-electron chi connectivity index (χ0n) is 13.9. The summed E-state index contributed by atoms with van der Waals surface area (Å²) in [6.45, 7) is 2.72. The quantitative estimate of drug-likeness (QED) is 0.644. The molecule has 7 nitrogen and oxygen atoms in total. The highest BCUT2D eigenvalue weighted by Crippen LogP contribution is 2.16. The normalized spacial score (nSPS) is 11.6. The van der Waals surface area contributed by atoms with Gasteiger partial charge in [-0.2, -0.15) is 0 Å². The second-order valence-corrected chi connectivity index (χ2v) is 5.30. The lowest BCUT2D eigenvalue weighted by atomic mass is 10.2. The van der Waals surface area contributed by atoms with Gasteiger partial charge in [-0.25, -0.2) is 0 Å². The molecular weight excluding hydrogens is 322 g/mol. The van der Waals surface area contributed by atoms with Crippen LogP contribution >= 0.6 is 0 Å². The van der Waals surface area contributed by atoms with Crippen molar-refractivity contribution in [2.45, 2.75) is 25.9 Å². The maximum atomic E-state index is 12.1. The third-order valence-electron chi connectivity index (χ3n) is 3.39. The second-order valence-electron chi connectivity index (χ2n) is 5.30. The SMILES string of the molecule is CCOc1ccc(NC(=O)C[C@@H](NCc2ccccn2)C(=O)O)cc1. The van der Waals surface area contributed by atoms with Crippen molar-refractivity contribution in [3.8, 4) is 5.75 Å². The van der Waals surface area contributed by atoms with E-state index in [0.29, 0.717) is 23.7 Å². The Morgan fingerprint density at radius 1 is 1.20 bits per heavy atom. The molecule has 132 valence electrons. The van der Waals surface area contributed by atoms with Gasteiger partial charge in [0.05, 0.1) is 18.7 Å². The molecule has 0 fully saturated rings. The van der Waals surface area contributed by atoms with Gasteiger partial charge >= 0.3 is 5.97 Å². The van der Waals surface area contributed by atoms with Crippen LogP contribution in [0.1, 0.15) is 19.0 Å². The summed E-state index contributed by atoms with van der Waals surface area (Å²) in [6, 6.07) is 11.3. The van der Waals surface area contributed by atoms with Crippen LogP contribution in [-0.4, -0.2) is 34.6 Å². The molecular formula is C18H21N3O4. The Bertz CT molecular complexity index is 689. The fourth-order valence-electron chi connectivity index (χ4n) is 2.18. The summed E-state index contributed by atoms with van der Waals surface area (Å²) in [5.74, 6) is -0.760. The molecule has 2 aromatic rings. The minimum absolute atomic E-state index is 0.185. The van der Waals surface area contributed by atoms with Crippen molar-refractivity contribution in [2.75, 3.05) is 11.9 Å². The number of carbonyl (C=O) groups excluding carboxylic acids is 1. The number of hydrogen-bond acceptors (Lipinski definition) is 5. The summed E-state index contributed by atoms with van der Waals surface area (Å²) in [5, 5.41) is 14.8. The van der Waals surface area contributed by atoms with E-state index in [1.165, 1.54) is 0 Å². The first kappa shape index (κ1) is 18.4. The molecule has 25 heavy (non-hydrogen) atoms. The van der Waals surface area contributed by atoms with Crippen molar-refractivity contribution < 1.29 is 19.4 Å². The lowest BCUT2D eigenvalue weighted by Crippen LogP contribution is -2.39. The molecule has 0 spiro atoms. The van der Waals surface area contributed by atoms with Crippen LogP contribution in [0.3, 0.4) is 0 Å². The number of carboxylic acid groups (broad SMARTS) is 1. The zero-order chi connectivity index (χ0) is 18.1. The number of anilines is 1. The van der Waals surface area contributed by atoms with Crippen molar-refractivity contribution >= 4 is 17.6 Å². The summed E-state index contributed by atoms with van der Waals surface area (Å²) in [5.41, 5.74) is 1.29. The topological polar surface area (TPSA) is 101 Å². The van der Waals surface area contributed by atoms with Gasteiger partial charge in [-0.05, 0) is 43.3 Å². The van der Waals surface area contributed by atoms with Gasteiger partial charge in [-0.1, -0.05) is 6.07 Å². The largest absolute Gasteiger partial charge is 0.494 e. The lowest BCUT2D eigenvalue weighted by molar-refractivity contribution is -0.141. The molecule has 0 aliphatic rings. The van der Waals surface area contributed by atoms with Gasteiger partial charge in [0.1, 0.15) is 11.8 Å². The van der Waals surface area contributed by atoms with E-state index >= 15 is 0 Å². The highest BCUT2D eigenvalue weighted by atomic mass is 16.5. The van der Waals surface area contributed by atoms with Gasteiger partial charge in [-0.3, -0.25) is 19.9 Å².